The SMILES string of the molecule is O=C(O)C(O)C(O)C(=O)O.[H-].[K+].[Zn]. The summed E-state index contributed by atoms with van der Waals surface area (Å²) >= 11 is 0. The van der Waals surface area contributed by atoms with E-state index in [9.17, 15) is 9.59 Å². The van der Waals surface area contributed by atoms with E-state index in [1.165, 1.54) is 0 Å². The fourth-order valence-corrected chi connectivity index (χ4v) is 0.270. The van der Waals surface area contributed by atoms with Crippen molar-refractivity contribution in [1.29, 1.82) is 0 Å². The molecule has 8 heteroatoms. The molecule has 2 atom stereocenters. The van der Waals surface area contributed by atoms with Crippen LogP contribution in [0.1, 0.15) is 1.43 Å². The number of carboxylic acid groups (broad SMARTS) is 2. The quantitative estimate of drug-likeness (QED) is 0.376. The fraction of sp³-hybridized carbons (Fsp3) is 0.500. The maximum Gasteiger partial charge on any atom is 1.00 e. The minimum atomic E-state index is -2.27. The first-order chi connectivity index (χ1) is 4.46. The molecule has 0 radical (unpaired) electrons. The third-order valence-electron chi connectivity index (χ3n) is 0.805. The molecule has 0 aromatic rings. The van der Waals surface area contributed by atoms with Crippen LogP contribution in [0.5, 0.6) is 0 Å². The largest absolute Gasteiger partial charge is 1.00 e. The molecular formula is C4H7KO6Zn. The van der Waals surface area contributed by atoms with E-state index in [2.05, 4.69) is 0 Å². The van der Waals surface area contributed by atoms with Crippen molar-refractivity contribution >= 4 is 11.9 Å². The summed E-state index contributed by atoms with van der Waals surface area (Å²) in [5.41, 5.74) is 0. The van der Waals surface area contributed by atoms with Crippen LogP contribution in [0.15, 0.2) is 0 Å². The Morgan fingerprint density at radius 3 is 1.25 bits per heavy atom. The average molecular weight is 256 g/mol. The van der Waals surface area contributed by atoms with Gasteiger partial charge in [-0.25, -0.2) is 9.59 Å². The molecule has 12 heavy (non-hydrogen) atoms. The number of hydrogen-bond donors (Lipinski definition) is 4. The number of carbonyl (C=O) groups is 2. The third-order valence-corrected chi connectivity index (χ3v) is 0.805. The van der Waals surface area contributed by atoms with E-state index in [4.69, 9.17) is 20.4 Å². The van der Waals surface area contributed by atoms with Crippen molar-refractivity contribution in [2.45, 2.75) is 12.2 Å². The van der Waals surface area contributed by atoms with E-state index in [0.29, 0.717) is 0 Å². The summed E-state index contributed by atoms with van der Waals surface area (Å²) in [5.74, 6) is -3.54. The smallest absolute Gasteiger partial charge is 1.00 e. The van der Waals surface area contributed by atoms with Crippen LogP contribution in [0.4, 0.5) is 0 Å². The molecule has 0 saturated carbocycles. The topological polar surface area (TPSA) is 115 Å². The van der Waals surface area contributed by atoms with Crippen molar-refractivity contribution in [1.82, 2.24) is 0 Å². The Labute approximate surface area is 125 Å². The summed E-state index contributed by atoms with van der Waals surface area (Å²) in [6.45, 7) is 0. The molecule has 0 bridgehead atoms. The van der Waals surface area contributed by atoms with Crippen molar-refractivity contribution in [3.05, 3.63) is 0 Å². The standard InChI is InChI=1S/C4H6O6.K.Zn.H/c5-1(3(7)8)2(6)4(9)10;;;/h1-2,5-6H,(H,7,8)(H,9,10);;;/q;+1;;-1. The van der Waals surface area contributed by atoms with E-state index in [-0.39, 0.29) is 72.3 Å². The van der Waals surface area contributed by atoms with Gasteiger partial charge in [0.2, 0.25) is 0 Å². The number of aliphatic carboxylic acids is 2. The number of aliphatic hydroxyl groups excluding tert-OH is 2. The Kier molecular flexibility index (Phi) is 13.7. The number of hydrogen-bond acceptors (Lipinski definition) is 4. The predicted octanol–water partition coefficient (Wildman–Crippen LogP) is -5.01. The molecule has 0 aliphatic carbocycles. The predicted molar refractivity (Wildman–Crippen MR) is 28.4 cm³/mol. The van der Waals surface area contributed by atoms with Gasteiger partial charge in [0, 0.05) is 19.5 Å². The molecule has 6 nitrogen and oxygen atoms in total. The van der Waals surface area contributed by atoms with E-state index in [1.54, 1.807) is 0 Å². The zero-order valence-corrected chi connectivity index (χ0v) is 12.6. The maximum atomic E-state index is 9.77. The minimum Gasteiger partial charge on any atom is -1.00 e. The fourth-order valence-electron chi connectivity index (χ4n) is 0.270. The van der Waals surface area contributed by atoms with E-state index < -0.39 is 24.1 Å². The van der Waals surface area contributed by atoms with Gasteiger partial charge in [-0.05, 0) is 0 Å². The first kappa shape index (κ1) is 18.8. The molecular weight excluding hydrogens is 249 g/mol. The molecule has 0 rings (SSSR count). The van der Waals surface area contributed by atoms with Gasteiger partial charge >= 0.3 is 63.3 Å². The molecule has 0 aromatic carbocycles. The molecule has 0 aliphatic rings. The summed E-state index contributed by atoms with van der Waals surface area (Å²) < 4.78 is 0. The van der Waals surface area contributed by atoms with Crippen LogP contribution in [0, 0.1) is 0 Å². The van der Waals surface area contributed by atoms with Crippen molar-refractivity contribution in [3.8, 4) is 0 Å². The first-order valence-electron chi connectivity index (χ1n) is 2.28. The molecule has 0 aromatic heterocycles. The van der Waals surface area contributed by atoms with Gasteiger partial charge in [-0.1, -0.05) is 0 Å². The molecule has 2 unspecified atom stereocenters. The van der Waals surface area contributed by atoms with Gasteiger partial charge in [0.25, 0.3) is 0 Å². The van der Waals surface area contributed by atoms with E-state index in [1.807, 2.05) is 0 Å². The van der Waals surface area contributed by atoms with Crippen LogP contribution < -0.4 is 51.4 Å². The van der Waals surface area contributed by atoms with Crippen LogP contribution in [-0.4, -0.2) is 44.6 Å². The van der Waals surface area contributed by atoms with Gasteiger partial charge in [0.1, 0.15) is 0 Å². The Morgan fingerprint density at radius 2 is 1.17 bits per heavy atom. The van der Waals surface area contributed by atoms with Crippen LogP contribution in [-0.2, 0) is 29.1 Å². The zero-order valence-electron chi connectivity index (χ0n) is 7.47. The summed E-state index contributed by atoms with van der Waals surface area (Å²) in [6.07, 6.45) is -4.53. The number of rotatable bonds is 3. The monoisotopic (exact) mass is 254 g/mol. The Morgan fingerprint density at radius 1 is 1.00 bits per heavy atom. The summed E-state index contributed by atoms with van der Waals surface area (Å²) in [5, 5.41) is 32.5. The molecule has 4 N–H and O–H groups in total. The Bertz CT molecular complexity index is 149. The molecule has 0 saturated heterocycles. The zero-order chi connectivity index (χ0) is 8.31. The van der Waals surface area contributed by atoms with Crippen molar-refractivity contribution in [2.24, 2.45) is 0 Å². The van der Waals surface area contributed by atoms with Gasteiger partial charge in [0.15, 0.2) is 12.2 Å². The second-order valence-electron chi connectivity index (χ2n) is 1.57. The van der Waals surface area contributed by atoms with Crippen LogP contribution in [0.2, 0.25) is 0 Å². The Balaban J connectivity index is -0.000000135. The van der Waals surface area contributed by atoms with Gasteiger partial charge in [-0.2, -0.15) is 0 Å². The van der Waals surface area contributed by atoms with Crippen LogP contribution in [0.25, 0.3) is 0 Å². The van der Waals surface area contributed by atoms with Gasteiger partial charge in [0.05, 0.1) is 0 Å². The number of aliphatic hydroxyl groups is 2. The van der Waals surface area contributed by atoms with Crippen LogP contribution in [0.3, 0.4) is 0 Å². The second kappa shape index (κ2) is 8.71. The van der Waals surface area contributed by atoms with Crippen molar-refractivity contribution in [2.75, 3.05) is 0 Å². The summed E-state index contributed by atoms with van der Waals surface area (Å²) in [4.78, 5) is 19.5. The molecule has 62 valence electrons. The molecule has 0 heterocycles. The molecule has 0 amide bonds. The number of carboxylic acids is 2. The van der Waals surface area contributed by atoms with Gasteiger partial charge in [-0.3, -0.25) is 0 Å². The Hall–Kier alpha value is 1.12. The van der Waals surface area contributed by atoms with Gasteiger partial charge < -0.3 is 21.9 Å². The van der Waals surface area contributed by atoms with Crippen molar-refractivity contribution < 1.29 is 102 Å². The average Bonchev–Trinajstić information content (AvgIpc) is 1.84. The molecule has 0 spiro atoms. The minimum absolute atomic E-state index is 0. The van der Waals surface area contributed by atoms with Crippen molar-refractivity contribution in [3.63, 3.8) is 0 Å². The summed E-state index contributed by atoms with van der Waals surface area (Å²) in [6, 6.07) is 0. The molecule has 0 aliphatic heterocycles. The second-order valence-corrected chi connectivity index (χ2v) is 1.57. The summed E-state index contributed by atoms with van der Waals surface area (Å²) in [7, 11) is 0. The van der Waals surface area contributed by atoms with E-state index >= 15 is 0 Å². The third kappa shape index (κ3) is 6.62. The van der Waals surface area contributed by atoms with E-state index in [0.717, 1.165) is 0 Å². The van der Waals surface area contributed by atoms with Gasteiger partial charge in [-0.15, -0.1) is 0 Å². The normalized spacial score (nSPS) is 13.2. The maximum absolute atomic E-state index is 9.77. The molecule has 0 fully saturated rings. The first-order valence-corrected chi connectivity index (χ1v) is 2.28. The van der Waals surface area contributed by atoms with Crippen LogP contribution >= 0.6 is 0 Å².